The average Bonchev–Trinajstić information content (AvgIpc) is 2.90. The molecule has 2 N–H and O–H groups in total. The molecule has 0 heterocycles. The molecule has 0 saturated heterocycles. The minimum Gasteiger partial charge on any atom is -0.444 e. The summed E-state index contributed by atoms with van der Waals surface area (Å²) in [5, 5.41) is 5.99. The van der Waals surface area contributed by atoms with Crippen molar-refractivity contribution in [3.8, 4) is 0 Å². The molecule has 0 radical (unpaired) electrons. The molecule has 3 amide bonds. The van der Waals surface area contributed by atoms with Gasteiger partial charge < -0.3 is 20.3 Å². The van der Waals surface area contributed by atoms with E-state index in [1.165, 1.54) is 19.3 Å². The maximum Gasteiger partial charge on any atom is 0.408 e. The number of hydrogen-bond acceptors (Lipinski definition) is 4. The number of carbonyl (C=O) groups is 3. The van der Waals surface area contributed by atoms with Crippen LogP contribution in [0.3, 0.4) is 0 Å². The van der Waals surface area contributed by atoms with E-state index >= 15 is 0 Å². The lowest BCUT2D eigenvalue weighted by Crippen LogP contribution is -2.55. The largest absolute Gasteiger partial charge is 0.444 e. The fourth-order valence-corrected chi connectivity index (χ4v) is 4.99. The van der Waals surface area contributed by atoms with Crippen LogP contribution in [-0.2, 0) is 14.3 Å². The van der Waals surface area contributed by atoms with E-state index < -0.39 is 23.8 Å². The van der Waals surface area contributed by atoms with Crippen LogP contribution in [0.25, 0.3) is 0 Å². The Labute approximate surface area is 250 Å². The van der Waals surface area contributed by atoms with Crippen LogP contribution in [0.15, 0.2) is 18.2 Å². The zero-order valence-corrected chi connectivity index (χ0v) is 27.5. The van der Waals surface area contributed by atoms with Crippen LogP contribution in [-0.4, -0.2) is 47.5 Å². The van der Waals surface area contributed by atoms with Gasteiger partial charge >= 0.3 is 6.09 Å². The first-order chi connectivity index (χ1) is 19.4. The van der Waals surface area contributed by atoms with Crippen molar-refractivity contribution in [1.29, 1.82) is 0 Å². The quantitative estimate of drug-likeness (QED) is 0.176. The van der Waals surface area contributed by atoms with Gasteiger partial charge in [-0.15, -0.1) is 0 Å². The smallest absolute Gasteiger partial charge is 0.408 e. The molecule has 41 heavy (non-hydrogen) atoms. The second kappa shape index (κ2) is 18.8. The number of aryl methyl sites for hydroxylation is 2. The lowest BCUT2D eigenvalue weighted by molar-refractivity contribution is -0.143. The summed E-state index contributed by atoms with van der Waals surface area (Å²) in [5.74, 6) is -0.561. The molecule has 1 aromatic carbocycles. The van der Waals surface area contributed by atoms with Crippen molar-refractivity contribution < 1.29 is 19.1 Å². The summed E-state index contributed by atoms with van der Waals surface area (Å²) in [4.78, 5) is 43.0. The summed E-state index contributed by atoms with van der Waals surface area (Å²) in [6.45, 7) is 18.7. The number of alkyl carbamates (subject to hydrolysis) is 1. The van der Waals surface area contributed by atoms with E-state index in [-0.39, 0.29) is 17.7 Å². The molecule has 0 aliphatic carbocycles. The highest BCUT2D eigenvalue weighted by molar-refractivity contribution is 5.92. The molecule has 234 valence electrons. The average molecular weight is 574 g/mol. The molecule has 7 nitrogen and oxygen atoms in total. The summed E-state index contributed by atoms with van der Waals surface area (Å²) in [6.07, 6.45) is 9.45. The molecule has 0 spiro atoms. The first kappa shape index (κ1) is 36.5. The Morgan fingerprint density at radius 1 is 0.902 bits per heavy atom. The van der Waals surface area contributed by atoms with Gasteiger partial charge in [-0.25, -0.2) is 4.79 Å². The number of unbranched alkanes of at least 4 members (excludes halogenated alkanes) is 7. The second-order valence-corrected chi connectivity index (χ2v) is 12.6. The molecule has 0 aliphatic heterocycles. The predicted molar refractivity (Wildman–Crippen MR) is 169 cm³/mol. The van der Waals surface area contributed by atoms with Crippen LogP contribution in [0, 0.1) is 19.8 Å². The van der Waals surface area contributed by atoms with Crippen LogP contribution < -0.4 is 10.6 Å². The van der Waals surface area contributed by atoms with Crippen molar-refractivity contribution >= 4 is 17.9 Å². The minimum atomic E-state index is -0.809. The van der Waals surface area contributed by atoms with Gasteiger partial charge in [-0.05, 0) is 64.5 Å². The first-order valence-corrected chi connectivity index (χ1v) is 16.0. The molecule has 1 aromatic rings. The molecule has 0 fully saturated rings. The van der Waals surface area contributed by atoms with Crippen molar-refractivity contribution in [3.05, 3.63) is 34.9 Å². The normalized spacial score (nSPS) is 13.7. The van der Waals surface area contributed by atoms with Gasteiger partial charge in [0, 0.05) is 13.1 Å². The van der Waals surface area contributed by atoms with Crippen molar-refractivity contribution in [2.75, 3.05) is 13.1 Å². The topological polar surface area (TPSA) is 87.7 Å². The van der Waals surface area contributed by atoms with Crippen LogP contribution in [0.1, 0.15) is 135 Å². The van der Waals surface area contributed by atoms with E-state index in [2.05, 4.69) is 30.5 Å². The fraction of sp³-hybridized carbons (Fsp3) is 0.735. The van der Waals surface area contributed by atoms with E-state index in [0.717, 1.165) is 55.2 Å². The summed E-state index contributed by atoms with van der Waals surface area (Å²) in [7, 11) is 0. The third kappa shape index (κ3) is 13.3. The molecular formula is C34H59N3O4. The number of nitrogens with zero attached hydrogens (tertiary/aromatic N) is 1. The highest BCUT2D eigenvalue weighted by atomic mass is 16.6. The van der Waals surface area contributed by atoms with Crippen LogP contribution in [0.2, 0.25) is 0 Å². The maximum atomic E-state index is 14.5. The van der Waals surface area contributed by atoms with Crippen LogP contribution >= 0.6 is 0 Å². The summed E-state index contributed by atoms with van der Waals surface area (Å²) >= 11 is 0. The Morgan fingerprint density at radius 2 is 1.51 bits per heavy atom. The van der Waals surface area contributed by atoms with Crippen molar-refractivity contribution in [1.82, 2.24) is 15.5 Å². The van der Waals surface area contributed by atoms with Crippen molar-refractivity contribution in [2.45, 2.75) is 144 Å². The fourth-order valence-electron chi connectivity index (χ4n) is 4.99. The molecule has 3 atom stereocenters. The first-order valence-electron chi connectivity index (χ1n) is 16.0. The SMILES string of the molecule is CCCCCCCCN(C(=O)C(NC(=O)OC(C)(C)C)C(C)CC)C(C(=O)NCCCCC)c1ccc(C)cc1C. The molecule has 0 bridgehead atoms. The van der Waals surface area contributed by atoms with Gasteiger partial charge in [0.15, 0.2) is 0 Å². The summed E-state index contributed by atoms with van der Waals surface area (Å²) in [6, 6.07) is 4.44. The molecular weight excluding hydrogens is 514 g/mol. The maximum absolute atomic E-state index is 14.5. The van der Waals surface area contributed by atoms with Crippen molar-refractivity contribution in [2.24, 2.45) is 5.92 Å². The number of benzene rings is 1. The lowest BCUT2D eigenvalue weighted by atomic mass is 9.93. The Morgan fingerprint density at radius 3 is 2.10 bits per heavy atom. The van der Waals surface area contributed by atoms with Crippen molar-refractivity contribution in [3.63, 3.8) is 0 Å². The van der Waals surface area contributed by atoms with Gasteiger partial charge in [0.25, 0.3) is 0 Å². The Kier molecular flexibility index (Phi) is 16.7. The van der Waals surface area contributed by atoms with Gasteiger partial charge in [-0.2, -0.15) is 0 Å². The zero-order valence-electron chi connectivity index (χ0n) is 27.5. The monoisotopic (exact) mass is 573 g/mol. The van der Waals surface area contributed by atoms with E-state index in [1.807, 2.05) is 39.8 Å². The molecule has 3 unspecified atom stereocenters. The minimum absolute atomic E-state index is 0.144. The molecule has 0 aromatic heterocycles. The number of amides is 3. The van der Waals surface area contributed by atoms with Gasteiger partial charge in [-0.3, -0.25) is 9.59 Å². The third-order valence-electron chi connectivity index (χ3n) is 7.55. The highest BCUT2D eigenvalue weighted by Gasteiger charge is 2.38. The summed E-state index contributed by atoms with van der Waals surface area (Å²) < 4.78 is 5.53. The van der Waals surface area contributed by atoms with Crippen LogP contribution in [0.5, 0.6) is 0 Å². The Hall–Kier alpha value is -2.57. The zero-order chi connectivity index (χ0) is 31.0. The van der Waals surface area contributed by atoms with E-state index in [0.29, 0.717) is 19.5 Å². The van der Waals surface area contributed by atoms with Gasteiger partial charge in [0.05, 0.1) is 0 Å². The van der Waals surface area contributed by atoms with Gasteiger partial charge in [-0.1, -0.05) is 103 Å². The van der Waals surface area contributed by atoms with Gasteiger partial charge in [0.1, 0.15) is 17.7 Å². The van der Waals surface area contributed by atoms with E-state index in [4.69, 9.17) is 4.74 Å². The number of rotatable bonds is 18. The number of nitrogens with one attached hydrogen (secondary N) is 2. The van der Waals surface area contributed by atoms with Crippen LogP contribution in [0.4, 0.5) is 4.79 Å². The third-order valence-corrected chi connectivity index (χ3v) is 7.55. The predicted octanol–water partition coefficient (Wildman–Crippen LogP) is 7.78. The van der Waals surface area contributed by atoms with E-state index in [9.17, 15) is 14.4 Å². The summed E-state index contributed by atoms with van der Waals surface area (Å²) in [5.41, 5.74) is 2.21. The number of ether oxygens (including phenoxy) is 1. The highest BCUT2D eigenvalue weighted by Crippen LogP contribution is 2.28. The number of hydrogen-bond donors (Lipinski definition) is 2. The molecule has 1 rings (SSSR count). The molecule has 0 aliphatic rings. The number of carbonyl (C=O) groups excluding carboxylic acids is 3. The second-order valence-electron chi connectivity index (χ2n) is 12.6. The Balaban J connectivity index is 3.50. The molecule has 0 saturated carbocycles. The Bertz CT molecular complexity index is 940. The molecule has 7 heteroatoms. The van der Waals surface area contributed by atoms with Gasteiger partial charge in [0.2, 0.25) is 11.8 Å². The lowest BCUT2D eigenvalue weighted by Gasteiger charge is -2.36. The standard InChI is InChI=1S/C34H59N3O4/c1-10-13-15-16-17-19-23-37(32(39)29(26(5)12-3)36-33(40)41-34(7,8)9)30(31(38)35-22-18-14-11-2)28-21-20-25(4)24-27(28)6/h20-21,24,26,29-30H,10-19,22-23H2,1-9H3,(H,35,38)(H,36,40). The van der Waals surface area contributed by atoms with E-state index in [1.54, 1.807) is 25.7 Å².